The number of amides is 1. The molecule has 2 aromatic carbocycles. The van der Waals surface area contributed by atoms with Crippen LogP contribution in [0.4, 0.5) is 17.1 Å². The van der Waals surface area contributed by atoms with Crippen molar-refractivity contribution in [2.75, 3.05) is 30.1 Å². The highest BCUT2D eigenvalue weighted by Crippen LogP contribution is 2.31. The number of nitrogens with one attached hydrogen (secondary N) is 1. The molecule has 0 aliphatic rings. The summed E-state index contributed by atoms with van der Waals surface area (Å²) in [5.74, 6) is 0.207. The summed E-state index contributed by atoms with van der Waals surface area (Å²) in [6, 6.07) is 8.76. The maximum absolute atomic E-state index is 13.0. The van der Waals surface area contributed by atoms with Crippen LogP contribution in [0.1, 0.15) is 13.3 Å². The smallest absolute Gasteiger partial charge is 0.271 e. The van der Waals surface area contributed by atoms with Crippen LogP contribution in [0.2, 0.25) is 0 Å². The molecule has 162 valence electrons. The van der Waals surface area contributed by atoms with Crippen molar-refractivity contribution in [3.05, 3.63) is 52.6 Å². The van der Waals surface area contributed by atoms with Gasteiger partial charge in [-0.15, -0.1) is 0 Å². The molecule has 1 amide bonds. The van der Waals surface area contributed by atoms with E-state index in [9.17, 15) is 23.3 Å². The lowest BCUT2D eigenvalue weighted by atomic mass is 10.1. The van der Waals surface area contributed by atoms with Crippen LogP contribution in [-0.4, -0.2) is 45.8 Å². The number of hydrogen-bond donors (Lipinski definition) is 1. The fourth-order valence-corrected chi connectivity index (χ4v) is 4.14. The Hall–Kier alpha value is -3.34. The first-order valence-electron chi connectivity index (χ1n) is 8.89. The number of carbonyl (C=O) groups excluding carboxylic acids is 1. The minimum atomic E-state index is -3.94. The summed E-state index contributed by atoms with van der Waals surface area (Å²) >= 11 is 0. The van der Waals surface area contributed by atoms with Crippen LogP contribution in [0.25, 0.3) is 0 Å². The van der Waals surface area contributed by atoms with Gasteiger partial charge in [0, 0.05) is 18.2 Å². The maximum atomic E-state index is 13.0. The van der Waals surface area contributed by atoms with Crippen LogP contribution in [0.3, 0.4) is 0 Å². The number of carbonyl (C=O) groups is 1. The average Bonchev–Trinajstić information content (AvgIpc) is 2.70. The topological polar surface area (TPSA) is 128 Å². The van der Waals surface area contributed by atoms with Crippen LogP contribution in [-0.2, 0) is 14.8 Å². The quantitative estimate of drug-likeness (QED) is 0.472. The molecular weight excluding hydrogens is 414 g/mol. The van der Waals surface area contributed by atoms with E-state index in [4.69, 9.17) is 9.47 Å². The summed E-state index contributed by atoms with van der Waals surface area (Å²) < 4.78 is 36.3. The highest BCUT2D eigenvalue weighted by Gasteiger charge is 2.32. The van der Waals surface area contributed by atoms with Crippen molar-refractivity contribution >= 4 is 33.0 Å². The van der Waals surface area contributed by atoms with Crippen molar-refractivity contribution in [3.63, 3.8) is 0 Å². The summed E-state index contributed by atoms with van der Waals surface area (Å²) in [5, 5.41) is 13.8. The van der Waals surface area contributed by atoms with Crippen LogP contribution in [0.5, 0.6) is 11.5 Å². The van der Waals surface area contributed by atoms with Gasteiger partial charge in [-0.1, -0.05) is 13.0 Å². The predicted octanol–water partition coefficient (Wildman–Crippen LogP) is 2.80. The van der Waals surface area contributed by atoms with Crippen molar-refractivity contribution in [2.45, 2.75) is 19.4 Å². The summed E-state index contributed by atoms with van der Waals surface area (Å²) in [4.78, 5) is 23.5. The second kappa shape index (κ2) is 9.44. The standard InChI is InChI=1S/C19H23N3O7S/c1-5-17(19(23)20-16-12-15(28-2)9-10-18(16)29-3)21(30(4,26)27)13-7-6-8-14(11-13)22(24)25/h6-12,17H,5H2,1-4H3,(H,20,23)/t17-/m0/s1. The monoisotopic (exact) mass is 437 g/mol. The molecule has 2 aromatic rings. The van der Waals surface area contributed by atoms with Gasteiger partial charge in [-0.05, 0) is 24.6 Å². The van der Waals surface area contributed by atoms with Crippen LogP contribution in [0.15, 0.2) is 42.5 Å². The number of sulfonamides is 1. The lowest BCUT2D eigenvalue weighted by Crippen LogP contribution is -2.47. The molecule has 0 saturated heterocycles. The number of non-ortho nitro benzene ring substituents is 1. The minimum Gasteiger partial charge on any atom is -0.497 e. The van der Waals surface area contributed by atoms with Gasteiger partial charge < -0.3 is 14.8 Å². The number of benzene rings is 2. The highest BCUT2D eigenvalue weighted by atomic mass is 32.2. The summed E-state index contributed by atoms with van der Waals surface area (Å²) in [6.45, 7) is 1.64. The fourth-order valence-electron chi connectivity index (χ4n) is 2.93. The molecule has 0 unspecified atom stereocenters. The molecule has 0 radical (unpaired) electrons. The molecule has 10 nitrogen and oxygen atoms in total. The van der Waals surface area contributed by atoms with Gasteiger partial charge in [0.2, 0.25) is 15.9 Å². The molecule has 11 heteroatoms. The predicted molar refractivity (Wildman–Crippen MR) is 113 cm³/mol. The van der Waals surface area contributed by atoms with Gasteiger partial charge in [-0.3, -0.25) is 19.2 Å². The van der Waals surface area contributed by atoms with E-state index >= 15 is 0 Å². The molecule has 0 aliphatic heterocycles. The SMILES string of the molecule is CC[C@@H](C(=O)Nc1cc(OC)ccc1OC)N(c1cccc([N+](=O)[O-])c1)S(C)(=O)=O. The van der Waals surface area contributed by atoms with Crippen molar-refractivity contribution in [2.24, 2.45) is 0 Å². The van der Waals surface area contributed by atoms with Gasteiger partial charge >= 0.3 is 0 Å². The normalized spacial score (nSPS) is 12.0. The molecule has 30 heavy (non-hydrogen) atoms. The fraction of sp³-hybridized carbons (Fsp3) is 0.316. The third-order valence-electron chi connectivity index (χ3n) is 4.29. The number of methoxy groups -OCH3 is 2. The molecule has 0 heterocycles. The van der Waals surface area contributed by atoms with Gasteiger partial charge in [-0.2, -0.15) is 0 Å². The molecule has 1 atom stereocenters. The summed E-state index contributed by atoms with van der Waals surface area (Å²) in [6.07, 6.45) is 1.06. The average molecular weight is 437 g/mol. The molecule has 0 fully saturated rings. The number of rotatable bonds is 9. The van der Waals surface area contributed by atoms with Crippen molar-refractivity contribution < 1.29 is 27.6 Å². The Morgan fingerprint density at radius 3 is 2.43 bits per heavy atom. The molecule has 0 bridgehead atoms. The van der Waals surface area contributed by atoms with E-state index in [1.807, 2.05) is 0 Å². The first kappa shape index (κ1) is 22.9. The Morgan fingerprint density at radius 1 is 1.20 bits per heavy atom. The number of nitrogens with zero attached hydrogens (tertiary/aromatic N) is 2. The van der Waals surface area contributed by atoms with Crippen LogP contribution < -0.4 is 19.1 Å². The largest absolute Gasteiger partial charge is 0.497 e. The Balaban J connectivity index is 2.47. The zero-order chi connectivity index (χ0) is 22.5. The molecule has 2 rings (SSSR count). The van der Waals surface area contributed by atoms with E-state index in [1.54, 1.807) is 25.1 Å². The van der Waals surface area contributed by atoms with Gasteiger partial charge in [0.05, 0.1) is 36.8 Å². The number of ether oxygens (including phenoxy) is 2. The number of nitro groups is 1. The van der Waals surface area contributed by atoms with E-state index in [0.717, 1.165) is 16.6 Å². The van der Waals surface area contributed by atoms with E-state index in [0.29, 0.717) is 17.2 Å². The van der Waals surface area contributed by atoms with Gasteiger partial charge in [0.25, 0.3) is 5.69 Å². The second-order valence-electron chi connectivity index (χ2n) is 6.32. The number of anilines is 2. The molecule has 0 aliphatic carbocycles. The molecule has 0 aromatic heterocycles. The zero-order valence-electron chi connectivity index (χ0n) is 17.0. The van der Waals surface area contributed by atoms with E-state index in [-0.39, 0.29) is 17.8 Å². The van der Waals surface area contributed by atoms with Crippen molar-refractivity contribution in [3.8, 4) is 11.5 Å². The maximum Gasteiger partial charge on any atom is 0.271 e. The molecule has 0 saturated carbocycles. The minimum absolute atomic E-state index is 0.0197. The van der Waals surface area contributed by atoms with E-state index in [2.05, 4.69) is 5.32 Å². The Kier molecular flexibility index (Phi) is 7.22. The number of nitro benzene ring substituents is 1. The molecular formula is C19H23N3O7S. The summed E-state index contributed by atoms with van der Waals surface area (Å²) in [5.41, 5.74) is 0.0324. The number of hydrogen-bond acceptors (Lipinski definition) is 7. The lowest BCUT2D eigenvalue weighted by Gasteiger charge is -2.30. The van der Waals surface area contributed by atoms with Gasteiger partial charge in [-0.25, -0.2) is 8.42 Å². The van der Waals surface area contributed by atoms with E-state index < -0.39 is 26.9 Å². The third kappa shape index (κ3) is 5.17. The summed E-state index contributed by atoms with van der Waals surface area (Å²) in [7, 11) is -1.04. The van der Waals surface area contributed by atoms with Crippen LogP contribution >= 0.6 is 0 Å². The molecule has 0 spiro atoms. The first-order chi connectivity index (χ1) is 14.1. The highest BCUT2D eigenvalue weighted by molar-refractivity contribution is 7.92. The zero-order valence-corrected chi connectivity index (χ0v) is 17.8. The molecule has 1 N–H and O–H groups in total. The van der Waals surface area contributed by atoms with Gasteiger partial charge in [0.1, 0.15) is 17.5 Å². The van der Waals surface area contributed by atoms with E-state index in [1.165, 1.54) is 32.4 Å². The lowest BCUT2D eigenvalue weighted by molar-refractivity contribution is -0.384. The first-order valence-corrected chi connectivity index (χ1v) is 10.7. The Bertz CT molecular complexity index is 1040. The Labute approximate surface area is 174 Å². The Morgan fingerprint density at radius 2 is 1.90 bits per heavy atom. The second-order valence-corrected chi connectivity index (χ2v) is 8.17. The van der Waals surface area contributed by atoms with Crippen molar-refractivity contribution in [1.82, 2.24) is 0 Å². The van der Waals surface area contributed by atoms with Crippen molar-refractivity contribution in [1.29, 1.82) is 0 Å². The van der Waals surface area contributed by atoms with Gasteiger partial charge in [0.15, 0.2) is 0 Å². The third-order valence-corrected chi connectivity index (χ3v) is 5.47. The van der Waals surface area contributed by atoms with Crippen LogP contribution in [0, 0.1) is 10.1 Å².